The van der Waals surface area contributed by atoms with E-state index in [0.717, 1.165) is 11.6 Å². The summed E-state index contributed by atoms with van der Waals surface area (Å²) in [5.74, 6) is -1.12. The number of nitrogens with zero attached hydrogens (tertiary/aromatic N) is 3. The highest BCUT2D eigenvalue weighted by Gasteiger charge is 2.23. The standard InChI is InChI=1S/C20H17ClFN3O2/c1-3-10-25(12-13-6-4-5-7-16(13)21)20(27)18-19(26)15-11-14(22)8-9-17(15)24(2)23-18/h3-9,11H,1,10,12H2,2H3. The lowest BCUT2D eigenvalue weighted by atomic mass is 10.1. The fourth-order valence-corrected chi connectivity index (χ4v) is 3.04. The monoisotopic (exact) mass is 385 g/mol. The number of carbonyl (C=O) groups is 1. The van der Waals surface area contributed by atoms with Crippen molar-refractivity contribution in [2.24, 2.45) is 7.05 Å². The molecule has 2 aromatic carbocycles. The van der Waals surface area contributed by atoms with Crippen LogP contribution in [0.4, 0.5) is 4.39 Å². The number of amides is 1. The van der Waals surface area contributed by atoms with Crippen LogP contribution < -0.4 is 5.43 Å². The molecule has 1 heterocycles. The van der Waals surface area contributed by atoms with Gasteiger partial charge in [0, 0.05) is 25.2 Å². The number of hydrogen-bond donors (Lipinski definition) is 0. The van der Waals surface area contributed by atoms with Crippen LogP contribution in [0.15, 0.2) is 59.9 Å². The van der Waals surface area contributed by atoms with Crippen molar-refractivity contribution in [1.29, 1.82) is 0 Å². The average Bonchev–Trinajstić information content (AvgIpc) is 2.65. The molecule has 7 heteroatoms. The Balaban J connectivity index is 2.06. The smallest absolute Gasteiger partial charge is 0.278 e. The van der Waals surface area contributed by atoms with Crippen molar-refractivity contribution < 1.29 is 9.18 Å². The zero-order chi connectivity index (χ0) is 19.6. The van der Waals surface area contributed by atoms with Gasteiger partial charge in [0.1, 0.15) is 5.82 Å². The number of benzene rings is 2. The van der Waals surface area contributed by atoms with E-state index in [-0.39, 0.29) is 24.2 Å². The highest BCUT2D eigenvalue weighted by Crippen LogP contribution is 2.18. The first-order chi connectivity index (χ1) is 12.9. The van der Waals surface area contributed by atoms with Crippen molar-refractivity contribution in [3.63, 3.8) is 0 Å². The van der Waals surface area contributed by atoms with Gasteiger partial charge in [-0.25, -0.2) is 4.39 Å². The van der Waals surface area contributed by atoms with Crippen LogP contribution in [0.5, 0.6) is 0 Å². The molecule has 0 aliphatic heterocycles. The molecule has 0 atom stereocenters. The molecule has 0 radical (unpaired) electrons. The Morgan fingerprint density at radius 3 is 2.78 bits per heavy atom. The maximum atomic E-state index is 13.6. The largest absolute Gasteiger partial charge is 0.329 e. The predicted molar refractivity (Wildman–Crippen MR) is 103 cm³/mol. The highest BCUT2D eigenvalue weighted by atomic mass is 35.5. The van der Waals surface area contributed by atoms with Crippen molar-refractivity contribution in [2.45, 2.75) is 6.54 Å². The molecule has 0 aliphatic rings. The SMILES string of the molecule is C=CCN(Cc1ccccc1Cl)C(=O)c1nn(C)c2ccc(F)cc2c1=O. The van der Waals surface area contributed by atoms with Gasteiger partial charge in [-0.1, -0.05) is 35.9 Å². The summed E-state index contributed by atoms with van der Waals surface area (Å²) in [6.45, 7) is 4.06. The van der Waals surface area contributed by atoms with Crippen LogP contribution in [-0.4, -0.2) is 27.1 Å². The maximum absolute atomic E-state index is 13.6. The number of rotatable bonds is 5. The van der Waals surface area contributed by atoms with E-state index in [1.165, 1.54) is 21.7 Å². The number of aromatic nitrogens is 2. The number of carbonyl (C=O) groups excluding carboxylic acids is 1. The number of halogens is 2. The molecule has 27 heavy (non-hydrogen) atoms. The van der Waals surface area contributed by atoms with Crippen LogP contribution in [0, 0.1) is 5.82 Å². The molecular weight excluding hydrogens is 369 g/mol. The zero-order valence-corrected chi connectivity index (χ0v) is 15.4. The van der Waals surface area contributed by atoms with E-state index in [4.69, 9.17) is 11.6 Å². The van der Waals surface area contributed by atoms with Gasteiger partial charge in [-0.05, 0) is 29.8 Å². The van der Waals surface area contributed by atoms with Gasteiger partial charge in [-0.15, -0.1) is 6.58 Å². The molecule has 3 aromatic rings. The molecule has 138 valence electrons. The van der Waals surface area contributed by atoms with Gasteiger partial charge in [-0.2, -0.15) is 5.10 Å². The summed E-state index contributed by atoms with van der Waals surface area (Å²) >= 11 is 6.18. The van der Waals surface area contributed by atoms with Crippen LogP contribution in [0.25, 0.3) is 10.9 Å². The molecule has 0 aliphatic carbocycles. The van der Waals surface area contributed by atoms with Gasteiger partial charge < -0.3 is 4.90 Å². The quantitative estimate of drug-likeness (QED) is 0.631. The summed E-state index contributed by atoms with van der Waals surface area (Å²) in [5.41, 5.74) is 0.294. The molecule has 0 bridgehead atoms. The summed E-state index contributed by atoms with van der Waals surface area (Å²) in [6, 6.07) is 10.9. The Kier molecular flexibility index (Phi) is 5.37. The van der Waals surface area contributed by atoms with Gasteiger partial charge >= 0.3 is 0 Å². The van der Waals surface area contributed by atoms with Crippen molar-refractivity contribution >= 4 is 28.4 Å². The molecule has 0 unspecified atom stereocenters. The van der Waals surface area contributed by atoms with Gasteiger partial charge in [0.15, 0.2) is 5.69 Å². The minimum Gasteiger partial charge on any atom is -0.329 e. The van der Waals surface area contributed by atoms with Gasteiger partial charge in [0.05, 0.1) is 10.9 Å². The molecule has 0 N–H and O–H groups in total. The minimum absolute atomic E-state index is 0.104. The second-order valence-electron chi connectivity index (χ2n) is 6.03. The third kappa shape index (κ3) is 3.75. The van der Waals surface area contributed by atoms with E-state index < -0.39 is 17.2 Å². The topological polar surface area (TPSA) is 55.2 Å². The molecule has 0 spiro atoms. The average molecular weight is 386 g/mol. The molecule has 0 saturated heterocycles. The summed E-state index contributed by atoms with van der Waals surface area (Å²) in [6.07, 6.45) is 1.56. The van der Waals surface area contributed by atoms with Crippen molar-refractivity contribution in [3.8, 4) is 0 Å². The molecule has 1 aromatic heterocycles. The van der Waals surface area contributed by atoms with E-state index >= 15 is 0 Å². The van der Waals surface area contributed by atoms with Crippen molar-refractivity contribution in [2.75, 3.05) is 6.54 Å². The van der Waals surface area contributed by atoms with Crippen molar-refractivity contribution in [1.82, 2.24) is 14.7 Å². The van der Waals surface area contributed by atoms with E-state index in [0.29, 0.717) is 10.5 Å². The van der Waals surface area contributed by atoms with Crippen LogP contribution in [0.2, 0.25) is 5.02 Å². The summed E-state index contributed by atoms with van der Waals surface area (Å²) < 4.78 is 15.0. The minimum atomic E-state index is -0.610. The van der Waals surface area contributed by atoms with E-state index in [1.54, 1.807) is 31.3 Å². The Morgan fingerprint density at radius 2 is 2.07 bits per heavy atom. The Bertz CT molecular complexity index is 1090. The first kappa shape index (κ1) is 18.8. The van der Waals surface area contributed by atoms with Crippen LogP contribution in [-0.2, 0) is 13.6 Å². The van der Waals surface area contributed by atoms with Crippen LogP contribution in [0.3, 0.4) is 0 Å². The Hall–Kier alpha value is -2.99. The molecular formula is C20H17ClFN3O2. The number of hydrogen-bond acceptors (Lipinski definition) is 3. The van der Waals surface area contributed by atoms with Gasteiger partial charge in [0.25, 0.3) is 5.91 Å². The lowest BCUT2D eigenvalue weighted by Crippen LogP contribution is -2.36. The second kappa shape index (κ2) is 7.72. The van der Waals surface area contributed by atoms with E-state index in [1.807, 2.05) is 6.07 Å². The Labute approximate surface area is 160 Å². The second-order valence-corrected chi connectivity index (χ2v) is 6.44. The summed E-state index contributed by atoms with van der Waals surface area (Å²) in [4.78, 5) is 27.2. The third-order valence-electron chi connectivity index (χ3n) is 4.18. The van der Waals surface area contributed by atoms with E-state index in [2.05, 4.69) is 11.7 Å². The Morgan fingerprint density at radius 1 is 1.33 bits per heavy atom. The number of aryl methyl sites for hydroxylation is 1. The molecule has 5 nitrogen and oxygen atoms in total. The lowest BCUT2D eigenvalue weighted by Gasteiger charge is -2.21. The summed E-state index contributed by atoms with van der Waals surface area (Å²) in [5, 5.41) is 4.74. The normalized spacial score (nSPS) is 10.8. The van der Waals surface area contributed by atoms with Crippen LogP contribution in [0.1, 0.15) is 16.1 Å². The zero-order valence-electron chi connectivity index (χ0n) is 14.7. The number of fused-ring (bicyclic) bond motifs is 1. The van der Waals surface area contributed by atoms with Gasteiger partial charge in [-0.3, -0.25) is 14.3 Å². The lowest BCUT2D eigenvalue weighted by molar-refractivity contribution is 0.0753. The fourth-order valence-electron chi connectivity index (χ4n) is 2.85. The molecule has 0 saturated carbocycles. The maximum Gasteiger partial charge on any atom is 0.278 e. The van der Waals surface area contributed by atoms with Gasteiger partial charge in [0.2, 0.25) is 5.43 Å². The van der Waals surface area contributed by atoms with Crippen molar-refractivity contribution in [3.05, 3.63) is 87.4 Å². The first-order valence-corrected chi connectivity index (χ1v) is 8.60. The first-order valence-electron chi connectivity index (χ1n) is 8.22. The molecule has 0 fully saturated rings. The third-order valence-corrected chi connectivity index (χ3v) is 4.54. The predicted octanol–water partition coefficient (Wildman–Crippen LogP) is 3.55. The highest BCUT2D eigenvalue weighted by molar-refractivity contribution is 6.31. The fraction of sp³-hybridized carbons (Fsp3) is 0.150. The molecule has 3 rings (SSSR count). The molecule has 1 amide bonds. The van der Waals surface area contributed by atoms with E-state index in [9.17, 15) is 14.0 Å². The van der Waals surface area contributed by atoms with Crippen LogP contribution >= 0.6 is 11.6 Å². The summed E-state index contributed by atoms with van der Waals surface area (Å²) in [7, 11) is 1.60.